The molecule has 2 aromatic rings. The van der Waals surface area contributed by atoms with Gasteiger partial charge >= 0.3 is 5.97 Å². The Bertz CT molecular complexity index is 648. The van der Waals surface area contributed by atoms with Gasteiger partial charge in [-0.25, -0.2) is 4.39 Å². The Hall–Kier alpha value is -1.73. The number of alkyl halides is 1. The Morgan fingerprint density at radius 3 is 2.96 bits per heavy atom. The Morgan fingerprint density at radius 1 is 1.52 bits per heavy atom. The zero-order valence-electron chi connectivity index (χ0n) is 12.7. The van der Waals surface area contributed by atoms with Crippen LogP contribution in [0, 0.1) is 5.92 Å². The lowest BCUT2D eigenvalue weighted by atomic mass is 9.80. The molecule has 0 spiro atoms. The van der Waals surface area contributed by atoms with Crippen LogP contribution in [0.25, 0.3) is 11.3 Å². The lowest BCUT2D eigenvalue weighted by Gasteiger charge is -2.32. The fourth-order valence-corrected chi connectivity index (χ4v) is 3.73. The van der Waals surface area contributed by atoms with Crippen LogP contribution in [-0.2, 0) is 11.3 Å². The topological polar surface area (TPSA) is 78.0 Å². The third-order valence-electron chi connectivity index (χ3n) is 4.52. The highest BCUT2D eigenvalue weighted by molar-refractivity contribution is 7.08. The molecule has 124 valence electrons. The second-order valence-corrected chi connectivity index (χ2v) is 6.93. The van der Waals surface area contributed by atoms with Crippen LogP contribution in [-0.4, -0.2) is 33.5 Å². The fraction of sp³-hybridized carbons (Fsp3) is 0.500. The minimum Gasteiger partial charge on any atom is -0.481 e. The number of nitrogens with one attached hydrogen (secondary N) is 2. The molecule has 2 aromatic heterocycles. The van der Waals surface area contributed by atoms with Gasteiger partial charge in [0.2, 0.25) is 0 Å². The molecule has 23 heavy (non-hydrogen) atoms. The van der Waals surface area contributed by atoms with E-state index in [1.807, 2.05) is 16.8 Å². The van der Waals surface area contributed by atoms with E-state index in [0.29, 0.717) is 32.2 Å². The smallest absolute Gasteiger partial charge is 0.306 e. The Kier molecular flexibility index (Phi) is 4.77. The van der Waals surface area contributed by atoms with E-state index in [4.69, 9.17) is 5.11 Å². The van der Waals surface area contributed by atoms with Crippen molar-refractivity contribution in [3.05, 3.63) is 28.6 Å². The van der Waals surface area contributed by atoms with E-state index in [2.05, 4.69) is 15.5 Å². The zero-order valence-corrected chi connectivity index (χ0v) is 13.5. The summed E-state index contributed by atoms with van der Waals surface area (Å²) in [6.07, 6.45) is 3.20. The Balaban J connectivity index is 1.52. The molecule has 2 heterocycles. The van der Waals surface area contributed by atoms with E-state index < -0.39 is 17.6 Å². The van der Waals surface area contributed by atoms with Crippen LogP contribution in [0.5, 0.6) is 0 Å². The number of rotatable bonds is 6. The number of carboxylic acid groups (broad SMARTS) is 1. The summed E-state index contributed by atoms with van der Waals surface area (Å²) in [5.74, 6) is -1.20. The standard InChI is InChI=1S/C16H20FN3O2S/c17-16(4-1-11(2-5-16)15(21)22)10-18-7-13-8-19-20-14(13)12-3-6-23-9-12/h3,6,8-9,11,18H,1-2,4-5,7,10H2,(H,19,20)(H,21,22). The number of hydrogen-bond donors (Lipinski definition) is 3. The van der Waals surface area contributed by atoms with Gasteiger partial charge in [-0.2, -0.15) is 16.4 Å². The summed E-state index contributed by atoms with van der Waals surface area (Å²) >= 11 is 1.62. The molecule has 0 unspecified atom stereocenters. The van der Waals surface area contributed by atoms with E-state index in [-0.39, 0.29) is 6.54 Å². The van der Waals surface area contributed by atoms with Crippen LogP contribution in [0.3, 0.4) is 0 Å². The number of hydrogen-bond acceptors (Lipinski definition) is 4. The van der Waals surface area contributed by atoms with Crippen molar-refractivity contribution >= 4 is 17.3 Å². The molecular weight excluding hydrogens is 317 g/mol. The summed E-state index contributed by atoms with van der Waals surface area (Å²) in [4.78, 5) is 10.9. The van der Waals surface area contributed by atoms with Gasteiger partial charge in [-0.15, -0.1) is 0 Å². The number of aliphatic carboxylic acids is 1. The first-order valence-electron chi connectivity index (χ1n) is 7.75. The first-order chi connectivity index (χ1) is 11.1. The minimum absolute atomic E-state index is 0.244. The van der Waals surface area contributed by atoms with Crippen molar-refractivity contribution in [1.82, 2.24) is 15.5 Å². The van der Waals surface area contributed by atoms with Crippen LogP contribution in [0.4, 0.5) is 4.39 Å². The minimum atomic E-state index is -1.31. The molecule has 0 bridgehead atoms. The second kappa shape index (κ2) is 6.80. The maximum absolute atomic E-state index is 14.7. The van der Waals surface area contributed by atoms with Gasteiger partial charge in [0.1, 0.15) is 5.67 Å². The van der Waals surface area contributed by atoms with E-state index in [1.54, 1.807) is 17.5 Å². The first-order valence-corrected chi connectivity index (χ1v) is 8.69. The highest BCUT2D eigenvalue weighted by Crippen LogP contribution is 2.35. The van der Waals surface area contributed by atoms with Gasteiger partial charge in [0.25, 0.3) is 0 Å². The molecule has 0 saturated heterocycles. The Labute approximate surface area is 137 Å². The number of carbonyl (C=O) groups is 1. The van der Waals surface area contributed by atoms with Crippen LogP contribution in [0.15, 0.2) is 23.0 Å². The highest BCUT2D eigenvalue weighted by Gasteiger charge is 2.37. The van der Waals surface area contributed by atoms with Crippen LogP contribution in [0.1, 0.15) is 31.2 Å². The number of H-pyrrole nitrogens is 1. The molecule has 1 fully saturated rings. The number of nitrogens with zero attached hydrogens (tertiary/aromatic N) is 1. The van der Waals surface area contributed by atoms with E-state index in [9.17, 15) is 9.18 Å². The molecule has 7 heteroatoms. The SMILES string of the molecule is O=C(O)C1CCC(F)(CNCc2cn[nH]c2-c2ccsc2)CC1. The Morgan fingerprint density at radius 2 is 2.30 bits per heavy atom. The van der Waals surface area contributed by atoms with Crippen molar-refractivity contribution in [2.45, 2.75) is 37.9 Å². The number of carboxylic acids is 1. The van der Waals surface area contributed by atoms with Crippen LogP contribution < -0.4 is 5.32 Å². The second-order valence-electron chi connectivity index (χ2n) is 6.15. The molecule has 1 saturated carbocycles. The summed E-state index contributed by atoms with van der Waals surface area (Å²) < 4.78 is 14.7. The fourth-order valence-electron chi connectivity index (χ4n) is 3.08. The number of halogens is 1. The molecule has 0 aromatic carbocycles. The maximum atomic E-state index is 14.7. The lowest BCUT2D eigenvalue weighted by molar-refractivity contribution is -0.143. The molecule has 0 radical (unpaired) electrons. The summed E-state index contributed by atoms with van der Waals surface area (Å²) in [5, 5.41) is 23.2. The first kappa shape index (κ1) is 16.1. The molecular formula is C16H20FN3O2S. The summed E-state index contributed by atoms with van der Waals surface area (Å²) in [5.41, 5.74) is 1.74. The van der Waals surface area contributed by atoms with Gasteiger partial charge in [0.05, 0.1) is 17.8 Å². The summed E-state index contributed by atoms with van der Waals surface area (Å²) in [6.45, 7) is 0.781. The molecule has 1 aliphatic carbocycles. The normalized spacial score (nSPS) is 24.7. The highest BCUT2D eigenvalue weighted by atomic mass is 32.1. The molecule has 3 N–H and O–H groups in total. The molecule has 1 aliphatic rings. The number of aromatic nitrogens is 2. The van der Waals surface area contributed by atoms with Gasteiger partial charge in [0, 0.05) is 29.6 Å². The van der Waals surface area contributed by atoms with Gasteiger partial charge in [0.15, 0.2) is 0 Å². The van der Waals surface area contributed by atoms with Gasteiger partial charge in [-0.05, 0) is 37.1 Å². The third-order valence-corrected chi connectivity index (χ3v) is 5.20. The van der Waals surface area contributed by atoms with Crippen LogP contribution >= 0.6 is 11.3 Å². The molecule has 5 nitrogen and oxygen atoms in total. The van der Waals surface area contributed by atoms with Crippen LogP contribution in [0.2, 0.25) is 0 Å². The summed E-state index contributed by atoms with van der Waals surface area (Å²) in [7, 11) is 0. The van der Waals surface area contributed by atoms with Gasteiger partial charge < -0.3 is 10.4 Å². The molecule has 0 amide bonds. The lowest BCUT2D eigenvalue weighted by Crippen LogP contribution is -2.40. The summed E-state index contributed by atoms with van der Waals surface area (Å²) in [6, 6.07) is 2.02. The zero-order chi connectivity index (χ0) is 16.3. The van der Waals surface area contributed by atoms with E-state index in [0.717, 1.165) is 16.8 Å². The predicted octanol–water partition coefficient (Wildman–Crippen LogP) is 3.21. The quantitative estimate of drug-likeness (QED) is 0.756. The average molecular weight is 337 g/mol. The third kappa shape index (κ3) is 3.79. The van der Waals surface area contributed by atoms with Crippen molar-refractivity contribution in [2.75, 3.05) is 6.54 Å². The van der Waals surface area contributed by atoms with Crippen molar-refractivity contribution in [3.63, 3.8) is 0 Å². The van der Waals surface area contributed by atoms with Crippen molar-refractivity contribution in [1.29, 1.82) is 0 Å². The van der Waals surface area contributed by atoms with Gasteiger partial charge in [-0.3, -0.25) is 9.89 Å². The van der Waals surface area contributed by atoms with Crippen molar-refractivity contribution in [3.8, 4) is 11.3 Å². The monoisotopic (exact) mass is 337 g/mol. The van der Waals surface area contributed by atoms with Crippen molar-refractivity contribution in [2.24, 2.45) is 5.92 Å². The molecule has 0 aliphatic heterocycles. The van der Waals surface area contributed by atoms with E-state index in [1.165, 1.54) is 0 Å². The van der Waals surface area contributed by atoms with Crippen molar-refractivity contribution < 1.29 is 14.3 Å². The maximum Gasteiger partial charge on any atom is 0.306 e. The van der Waals surface area contributed by atoms with Gasteiger partial charge in [-0.1, -0.05) is 0 Å². The molecule has 3 rings (SSSR count). The number of thiophene rings is 1. The largest absolute Gasteiger partial charge is 0.481 e. The van der Waals surface area contributed by atoms with E-state index >= 15 is 0 Å². The molecule has 0 atom stereocenters. The number of aromatic amines is 1. The predicted molar refractivity (Wildman–Crippen MR) is 87.0 cm³/mol. The average Bonchev–Trinajstić information content (AvgIpc) is 3.18.